The van der Waals surface area contributed by atoms with Crippen LogP contribution in [0.15, 0.2) is 5.38 Å². The van der Waals surface area contributed by atoms with Gasteiger partial charge in [0.05, 0.1) is 10.7 Å². The van der Waals surface area contributed by atoms with Crippen LogP contribution >= 0.6 is 11.3 Å². The van der Waals surface area contributed by atoms with Crippen LogP contribution in [-0.2, 0) is 12.0 Å². The van der Waals surface area contributed by atoms with Gasteiger partial charge >= 0.3 is 0 Å². The van der Waals surface area contributed by atoms with E-state index in [0.717, 1.165) is 6.54 Å². The minimum Gasteiger partial charge on any atom is -0.308 e. The molecule has 0 atom stereocenters. The van der Waals surface area contributed by atoms with Gasteiger partial charge in [-0.3, -0.25) is 4.90 Å². The van der Waals surface area contributed by atoms with Crippen molar-refractivity contribution in [2.75, 3.05) is 13.1 Å². The van der Waals surface area contributed by atoms with Crippen LogP contribution in [0.4, 0.5) is 0 Å². The molecule has 1 N–H and O–H groups in total. The lowest BCUT2D eigenvalue weighted by Crippen LogP contribution is -2.49. The molecule has 0 amide bonds. The molecule has 4 heteroatoms. The first-order valence-corrected chi connectivity index (χ1v) is 8.97. The van der Waals surface area contributed by atoms with Crippen molar-refractivity contribution < 1.29 is 0 Å². The van der Waals surface area contributed by atoms with Crippen molar-refractivity contribution in [1.82, 2.24) is 15.2 Å². The van der Waals surface area contributed by atoms with E-state index in [1.807, 2.05) is 0 Å². The van der Waals surface area contributed by atoms with Gasteiger partial charge < -0.3 is 5.32 Å². The Morgan fingerprint density at radius 1 is 1.19 bits per heavy atom. The van der Waals surface area contributed by atoms with Crippen molar-refractivity contribution in [2.45, 2.75) is 77.9 Å². The summed E-state index contributed by atoms with van der Waals surface area (Å²) in [5.41, 5.74) is 1.67. The highest BCUT2D eigenvalue weighted by atomic mass is 32.1. The molecule has 0 saturated carbocycles. The van der Waals surface area contributed by atoms with Gasteiger partial charge in [0.1, 0.15) is 0 Å². The predicted molar refractivity (Wildman–Crippen MR) is 92.0 cm³/mol. The van der Waals surface area contributed by atoms with Crippen molar-refractivity contribution in [1.29, 1.82) is 0 Å². The minimum atomic E-state index is 0.168. The standard InChI is InChI=1S/C17H31N3S/c1-16(2,3)15-19-14(12-21-15)11-18-13-7-9-20(10-8-13)17(4,5)6/h12-13,18H,7-11H2,1-6H3. The third-order valence-electron chi connectivity index (χ3n) is 4.21. The molecule has 120 valence electrons. The lowest BCUT2D eigenvalue weighted by Gasteiger charge is -2.41. The molecule has 3 nitrogen and oxygen atoms in total. The fraction of sp³-hybridized carbons (Fsp3) is 0.824. The van der Waals surface area contributed by atoms with Crippen LogP contribution in [0.1, 0.15) is 65.1 Å². The van der Waals surface area contributed by atoms with Crippen LogP contribution in [0.5, 0.6) is 0 Å². The van der Waals surface area contributed by atoms with E-state index < -0.39 is 0 Å². The normalized spacial score (nSPS) is 19.1. The second-order valence-corrected chi connectivity index (χ2v) is 9.07. The van der Waals surface area contributed by atoms with E-state index in [-0.39, 0.29) is 5.41 Å². The van der Waals surface area contributed by atoms with Gasteiger partial charge in [0.2, 0.25) is 0 Å². The average molecular weight is 310 g/mol. The van der Waals surface area contributed by atoms with E-state index in [1.54, 1.807) is 11.3 Å². The summed E-state index contributed by atoms with van der Waals surface area (Å²) in [6.45, 7) is 16.9. The molecule has 0 bridgehead atoms. The Morgan fingerprint density at radius 3 is 2.29 bits per heavy atom. The Balaban J connectivity index is 1.79. The summed E-state index contributed by atoms with van der Waals surface area (Å²) in [5, 5.41) is 7.14. The molecule has 1 aliphatic heterocycles. The van der Waals surface area contributed by atoms with Gasteiger partial charge in [0.15, 0.2) is 0 Å². The number of thiazole rings is 1. The molecule has 0 aromatic carbocycles. The van der Waals surface area contributed by atoms with E-state index in [2.05, 4.69) is 57.1 Å². The van der Waals surface area contributed by atoms with Gasteiger partial charge in [-0.25, -0.2) is 4.98 Å². The highest BCUT2D eigenvalue weighted by molar-refractivity contribution is 7.09. The molecule has 21 heavy (non-hydrogen) atoms. The Morgan fingerprint density at radius 2 is 1.81 bits per heavy atom. The molecule has 2 rings (SSSR count). The lowest BCUT2D eigenvalue weighted by molar-refractivity contribution is 0.0959. The minimum absolute atomic E-state index is 0.168. The Labute approximate surface area is 134 Å². The molecule has 1 aromatic rings. The SMILES string of the molecule is CC(C)(C)c1nc(CNC2CCN(C(C)(C)C)CC2)cs1. The maximum absolute atomic E-state index is 4.77. The average Bonchev–Trinajstić information content (AvgIpc) is 2.84. The first kappa shape index (κ1) is 16.9. The number of nitrogens with one attached hydrogen (secondary N) is 1. The molecular formula is C17H31N3S. The van der Waals surface area contributed by atoms with E-state index in [1.165, 1.54) is 36.6 Å². The third-order valence-corrected chi connectivity index (χ3v) is 5.53. The highest BCUT2D eigenvalue weighted by Crippen LogP contribution is 2.26. The van der Waals surface area contributed by atoms with Gasteiger partial charge in [0, 0.05) is 42.0 Å². The number of nitrogens with zero attached hydrogens (tertiary/aromatic N) is 2. The molecule has 1 aliphatic rings. The number of aromatic nitrogens is 1. The lowest BCUT2D eigenvalue weighted by atomic mass is 9.98. The zero-order valence-corrected chi connectivity index (χ0v) is 15.3. The molecule has 0 aliphatic carbocycles. The van der Waals surface area contributed by atoms with Crippen molar-refractivity contribution >= 4 is 11.3 Å². The first-order chi connectivity index (χ1) is 9.66. The summed E-state index contributed by atoms with van der Waals surface area (Å²) in [7, 11) is 0. The molecule has 2 heterocycles. The highest BCUT2D eigenvalue weighted by Gasteiger charge is 2.26. The van der Waals surface area contributed by atoms with Crippen molar-refractivity contribution in [3.8, 4) is 0 Å². The Kier molecular flexibility index (Phi) is 5.11. The number of hydrogen-bond acceptors (Lipinski definition) is 4. The maximum atomic E-state index is 4.77. The van der Waals surface area contributed by atoms with Crippen LogP contribution in [0.2, 0.25) is 0 Å². The summed E-state index contributed by atoms with van der Waals surface area (Å²) in [6.07, 6.45) is 2.49. The molecule has 1 fully saturated rings. The van der Waals surface area contributed by atoms with Crippen LogP contribution in [0.3, 0.4) is 0 Å². The summed E-state index contributed by atoms with van der Waals surface area (Å²) in [5.74, 6) is 0. The summed E-state index contributed by atoms with van der Waals surface area (Å²) < 4.78 is 0. The summed E-state index contributed by atoms with van der Waals surface area (Å²) >= 11 is 1.79. The molecule has 0 spiro atoms. The third kappa shape index (κ3) is 4.76. The van der Waals surface area contributed by atoms with Crippen molar-refractivity contribution in [3.63, 3.8) is 0 Å². The van der Waals surface area contributed by atoms with Crippen LogP contribution < -0.4 is 5.32 Å². The second-order valence-electron chi connectivity index (χ2n) is 8.21. The zero-order chi connectivity index (χ0) is 15.7. The monoisotopic (exact) mass is 309 g/mol. The zero-order valence-electron chi connectivity index (χ0n) is 14.5. The number of hydrogen-bond donors (Lipinski definition) is 1. The van der Waals surface area contributed by atoms with E-state index >= 15 is 0 Å². The van der Waals surface area contributed by atoms with Gasteiger partial charge in [-0.1, -0.05) is 20.8 Å². The van der Waals surface area contributed by atoms with Crippen molar-refractivity contribution in [3.05, 3.63) is 16.1 Å². The fourth-order valence-corrected chi connectivity index (χ4v) is 3.64. The fourth-order valence-electron chi connectivity index (χ4n) is 2.74. The van der Waals surface area contributed by atoms with Gasteiger partial charge in [0.25, 0.3) is 0 Å². The Bertz CT molecular complexity index is 445. The molecule has 0 unspecified atom stereocenters. The van der Waals surface area contributed by atoms with E-state index in [4.69, 9.17) is 4.98 Å². The summed E-state index contributed by atoms with van der Waals surface area (Å²) in [6, 6.07) is 0.642. The first-order valence-electron chi connectivity index (χ1n) is 8.09. The smallest absolute Gasteiger partial charge is 0.0982 e. The molecule has 1 saturated heterocycles. The second kappa shape index (κ2) is 6.35. The van der Waals surface area contributed by atoms with Crippen LogP contribution in [0, 0.1) is 0 Å². The van der Waals surface area contributed by atoms with Crippen molar-refractivity contribution in [2.24, 2.45) is 0 Å². The summed E-state index contributed by atoms with van der Waals surface area (Å²) in [4.78, 5) is 7.35. The molecule has 1 aromatic heterocycles. The van der Waals surface area contributed by atoms with E-state index in [9.17, 15) is 0 Å². The Hall–Kier alpha value is -0.450. The van der Waals surface area contributed by atoms with Crippen LogP contribution in [-0.4, -0.2) is 34.6 Å². The number of piperidine rings is 1. The quantitative estimate of drug-likeness (QED) is 0.920. The number of likely N-dealkylation sites (tertiary alicyclic amines) is 1. The molecule has 0 radical (unpaired) electrons. The van der Waals surface area contributed by atoms with Gasteiger partial charge in [-0.15, -0.1) is 11.3 Å². The molecular weight excluding hydrogens is 278 g/mol. The van der Waals surface area contributed by atoms with Crippen LogP contribution in [0.25, 0.3) is 0 Å². The van der Waals surface area contributed by atoms with E-state index in [0.29, 0.717) is 11.6 Å². The van der Waals surface area contributed by atoms with Gasteiger partial charge in [-0.2, -0.15) is 0 Å². The topological polar surface area (TPSA) is 28.2 Å². The maximum Gasteiger partial charge on any atom is 0.0982 e. The largest absolute Gasteiger partial charge is 0.308 e. The predicted octanol–water partition coefficient (Wildman–Crippen LogP) is 3.79. The van der Waals surface area contributed by atoms with Gasteiger partial charge in [-0.05, 0) is 33.6 Å². The number of rotatable bonds is 3.